The Labute approximate surface area is 105 Å². The van der Waals surface area contributed by atoms with E-state index in [-0.39, 0.29) is 5.97 Å². The number of rotatable bonds is 6. The summed E-state index contributed by atoms with van der Waals surface area (Å²) in [6.07, 6.45) is 0.985. The molecule has 18 heavy (non-hydrogen) atoms. The van der Waals surface area contributed by atoms with Crippen molar-refractivity contribution in [1.29, 1.82) is 0 Å². The quantitative estimate of drug-likeness (QED) is 0.733. The van der Waals surface area contributed by atoms with E-state index < -0.39 is 11.6 Å². The average Bonchev–Trinajstić information content (AvgIpc) is 2.32. The molecule has 0 unspecified atom stereocenters. The first kappa shape index (κ1) is 14.6. The first-order chi connectivity index (χ1) is 8.52. The minimum Gasteiger partial charge on any atom is -0.469 e. The highest BCUT2D eigenvalue weighted by Gasteiger charge is 2.07. The molecule has 0 fully saturated rings. The fourth-order valence-corrected chi connectivity index (χ4v) is 1.62. The maximum absolute atomic E-state index is 13.4. The molecule has 0 saturated carbocycles. The van der Waals surface area contributed by atoms with Crippen molar-refractivity contribution in [2.45, 2.75) is 19.4 Å². The number of hydrogen-bond acceptors (Lipinski definition) is 3. The van der Waals surface area contributed by atoms with Crippen LogP contribution in [0.15, 0.2) is 18.2 Å². The molecule has 0 spiro atoms. The third-order valence-electron chi connectivity index (χ3n) is 2.60. The summed E-state index contributed by atoms with van der Waals surface area (Å²) in [4.78, 5) is 12.8. The Morgan fingerprint density at radius 2 is 2.11 bits per heavy atom. The van der Waals surface area contributed by atoms with Crippen molar-refractivity contribution in [3.8, 4) is 0 Å². The minimum absolute atomic E-state index is 0.253. The Morgan fingerprint density at radius 3 is 2.72 bits per heavy atom. The summed E-state index contributed by atoms with van der Waals surface area (Å²) in [7, 11) is 3.17. The lowest BCUT2D eigenvalue weighted by molar-refractivity contribution is -0.140. The highest BCUT2D eigenvalue weighted by molar-refractivity contribution is 5.69. The zero-order valence-electron chi connectivity index (χ0n) is 10.6. The number of carbonyl (C=O) groups is 1. The number of benzene rings is 1. The third-order valence-corrected chi connectivity index (χ3v) is 2.60. The van der Waals surface area contributed by atoms with Crippen LogP contribution in [-0.4, -0.2) is 31.6 Å². The fourth-order valence-electron chi connectivity index (χ4n) is 1.62. The molecule has 0 saturated heterocycles. The molecule has 1 aromatic carbocycles. The van der Waals surface area contributed by atoms with Crippen molar-refractivity contribution in [3.05, 3.63) is 35.4 Å². The lowest BCUT2D eigenvalue weighted by Gasteiger charge is -2.16. The van der Waals surface area contributed by atoms with Gasteiger partial charge in [0.05, 0.1) is 7.11 Å². The Hall–Kier alpha value is -1.49. The molecule has 0 amide bonds. The van der Waals surface area contributed by atoms with E-state index in [1.54, 1.807) is 0 Å². The zero-order chi connectivity index (χ0) is 13.5. The maximum atomic E-state index is 13.4. The van der Waals surface area contributed by atoms with Crippen LogP contribution in [0.2, 0.25) is 0 Å². The molecule has 0 heterocycles. The molecule has 0 radical (unpaired) electrons. The molecule has 0 N–H and O–H groups in total. The minimum atomic E-state index is -0.579. The molecule has 0 bridgehead atoms. The Morgan fingerprint density at radius 1 is 1.39 bits per heavy atom. The number of halogens is 2. The van der Waals surface area contributed by atoms with E-state index in [1.165, 1.54) is 19.2 Å². The molecule has 0 aliphatic rings. The van der Waals surface area contributed by atoms with Crippen LogP contribution in [0.5, 0.6) is 0 Å². The van der Waals surface area contributed by atoms with Gasteiger partial charge in [-0.2, -0.15) is 0 Å². The maximum Gasteiger partial charge on any atom is 0.305 e. The van der Waals surface area contributed by atoms with Crippen LogP contribution in [0.4, 0.5) is 8.78 Å². The molecule has 3 nitrogen and oxygen atoms in total. The van der Waals surface area contributed by atoms with Crippen molar-refractivity contribution >= 4 is 5.97 Å². The molecular weight excluding hydrogens is 240 g/mol. The molecule has 0 aliphatic heterocycles. The highest BCUT2D eigenvalue weighted by atomic mass is 19.1. The molecule has 0 atom stereocenters. The monoisotopic (exact) mass is 257 g/mol. The summed E-state index contributed by atoms with van der Waals surface area (Å²) in [6, 6.07) is 3.54. The standard InChI is InChI=1S/C13H17F2NO2/c1-16(7-3-4-13(17)18-2)9-10-5-6-11(14)8-12(10)15/h5-6,8H,3-4,7,9H2,1-2H3. The van der Waals surface area contributed by atoms with Gasteiger partial charge in [0.2, 0.25) is 0 Å². The van der Waals surface area contributed by atoms with Crippen LogP contribution in [-0.2, 0) is 16.1 Å². The third kappa shape index (κ3) is 4.79. The summed E-state index contributed by atoms with van der Waals surface area (Å²) < 4.78 is 30.6. The lowest BCUT2D eigenvalue weighted by atomic mass is 10.2. The van der Waals surface area contributed by atoms with E-state index in [1.807, 2.05) is 11.9 Å². The Balaban J connectivity index is 2.39. The molecule has 0 aromatic heterocycles. The van der Waals surface area contributed by atoms with E-state index in [0.717, 1.165) is 6.07 Å². The predicted octanol–water partition coefficient (Wildman–Crippen LogP) is 2.35. The van der Waals surface area contributed by atoms with E-state index in [9.17, 15) is 13.6 Å². The van der Waals surface area contributed by atoms with Crippen LogP contribution < -0.4 is 0 Å². The van der Waals surface area contributed by atoms with Gasteiger partial charge in [-0.05, 0) is 26.1 Å². The highest BCUT2D eigenvalue weighted by Crippen LogP contribution is 2.11. The van der Waals surface area contributed by atoms with Gasteiger partial charge in [0.25, 0.3) is 0 Å². The smallest absolute Gasteiger partial charge is 0.305 e. The fraction of sp³-hybridized carbons (Fsp3) is 0.462. The van der Waals surface area contributed by atoms with E-state index in [0.29, 0.717) is 31.5 Å². The number of methoxy groups -OCH3 is 1. The van der Waals surface area contributed by atoms with E-state index in [2.05, 4.69) is 4.74 Å². The molecule has 100 valence electrons. The number of carbonyl (C=O) groups excluding carboxylic acids is 1. The van der Waals surface area contributed by atoms with Gasteiger partial charge in [-0.3, -0.25) is 4.79 Å². The topological polar surface area (TPSA) is 29.5 Å². The summed E-state index contributed by atoms with van der Waals surface area (Å²) in [6.45, 7) is 1.03. The van der Waals surface area contributed by atoms with E-state index >= 15 is 0 Å². The summed E-state index contributed by atoms with van der Waals surface area (Å²) in [5, 5.41) is 0. The average molecular weight is 257 g/mol. The Bertz CT molecular complexity index is 410. The molecule has 1 aromatic rings. The second-order valence-electron chi connectivity index (χ2n) is 4.15. The predicted molar refractivity (Wildman–Crippen MR) is 63.9 cm³/mol. The molecule has 1 rings (SSSR count). The van der Waals surface area contributed by atoms with Crippen molar-refractivity contribution in [3.63, 3.8) is 0 Å². The Kier molecular flexibility index (Phi) is 5.71. The normalized spacial score (nSPS) is 10.7. The lowest BCUT2D eigenvalue weighted by Crippen LogP contribution is -2.20. The summed E-state index contributed by atoms with van der Waals surface area (Å²) >= 11 is 0. The van der Waals surface area contributed by atoms with Crippen LogP contribution in [0.25, 0.3) is 0 Å². The van der Waals surface area contributed by atoms with Crippen molar-refractivity contribution in [1.82, 2.24) is 4.90 Å². The summed E-state index contributed by atoms with van der Waals surface area (Å²) in [5.41, 5.74) is 0.442. The van der Waals surface area contributed by atoms with Gasteiger partial charge in [0, 0.05) is 24.6 Å². The van der Waals surface area contributed by atoms with Gasteiger partial charge in [-0.25, -0.2) is 8.78 Å². The molecule has 0 aliphatic carbocycles. The van der Waals surface area contributed by atoms with Crippen molar-refractivity contribution in [2.75, 3.05) is 20.7 Å². The van der Waals surface area contributed by atoms with Crippen LogP contribution in [0, 0.1) is 11.6 Å². The van der Waals surface area contributed by atoms with Gasteiger partial charge >= 0.3 is 5.97 Å². The zero-order valence-corrected chi connectivity index (χ0v) is 10.6. The first-order valence-corrected chi connectivity index (χ1v) is 5.72. The van der Waals surface area contributed by atoms with Gasteiger partial charge in [-0.15, -0.1) is 0 Å². The van der Waals surface area contributed by atoms with Crippen molar-refractivity contribution in [2.24, 2.45) is 0 Å². The number of hydrogen-bond donors (Lipinski definition) is 0. The van der Waals surface area contributed by atoms with Crippen LogP contribution in [0.3, 0.4) is 0 Å². The second kappa shape index (κ2) is 7.06. The van der Waals surface area contributed by atoms with E-state index in [4.69, 9.17) is 0 Å². The molecule has 5 heteroatoms. The second-order valence-corrected chi connectivity index (χ2v) is 4.15. The van der Waals surface area contributed by atoms with Crippen molar-refractivity contribution < 1.29 is 18.3 Å². The van der Waals surface area contributed by atoms with Gasteiger partial charge in [0.15, 0.2) is 0 Å². The van der Waals surface area contributed by atoms with Crippen LogP contribution in [0.1, 0.15) is 18.4 Å². The number of nitrogens with zero attached hydrogens (tertiary/aromatic N) is 1. The van der Waals surface area contributed by atoms with Gasteiger partial charge in [0.1, 0.15) is 11.6 Å². The van der Waals surface area contributed by atoms with Gasteiger partial charge in [-0.1, -0.05) is 6.07 Å². The molecular formula is C13H17F2NO2. The summed E-state index contributed by atoms with van der Waals surface area (Å²) in [5.74, 6) is -1.38. The first-order valence-electron chi connectivity index (χ1n) is 5.72. The number of esters is 1. The number of ether oxygens (including phenoxy) is 1. The van der Waals surface area contributed by atoms with Crippen LogP contribution >= 0.6 is 0 Å². The largest absolute Gasteiger partial charge is 0.469 e. The SMILES string of the molecule is COC(=O)CCCN(C)Cc1ccc(F)cc1F. The van der Waals surface area contributed by atoms with Gasteiger partial charge < -0.3 is 9.64 Å².